The van der Waals surface area contributed by atoms with Crippen LogP contribution < -0.4 is 5.32 Å². The molecule has 0 saturated heterocycles. The standard InChI is InChI=1S/C14H12ClF2N/c1-9-4-12(16)7-13(5-9)18-8-10-2-3-11(15)6-14(10)17/h2-7,18H,8H2,1H3. The second-order valence-corrected chi connectivity index (χ2v) is 4.54. The molecule has 0 spiro atoms. The number of hydrogen-bond acceptors (Lipinski definition) is 1. The molecule has 0 aromatic heterocycles. The van der Waals surface area contributed by atoms with Crippen molar-refractivity contribution in [1.82, 2.24) is 0 Å². The first-order chi connectivity index (χ1) is 8.54. The Morgan fingerprint density at radius 3 is 2.56 bits per heavy atom. The first kappa shape index (κ1) is 12.8. The van der Waals surface area contributed by atoms with Gasteiger partial charge < -0.3 is 5.32 Å². The summed E-state index contributed by atoms with van der Waals surface area (Å²) in [5.74, 6) is -0.683. The van der Waals surface area contributed by atoms with Gasteiger partial charge in [-0.05, 0) is 42.8 Å². The molecule has 94 valence electrons. The van der Waals surface area contributed by atoms with E-state index in [-0.39, 0.29) is 18.2 Å². The summed E-state index contributed by atoms with van der Waals surface area (Å²) in [5.41, 5.74) is 1.93. The molecule has 0 aliphatic carbocycles. The van der Waals surface area contributed by atoms with Crippen LogP contribution in [0.3, 0.4) is 0 Å². The summed E-state index contributed by atoms with van der Waals surface area (Å²) in [6.07, 6.45) is 0. The highest BCUT2D eigenvalue weighted by Gasteiger charge is 2.03. The predicted molar refractivity (Wildman–Crippen MR) is 69.9 cm³/mol. The Morgan fingerprint density at radius 1 is 1.11 bits per heavy atom. The van der Waals surface area contributed by atoms with Crippen LogP contribution in [0.2, 0.25) is 5.02 Å². The largest absolute Gasteiger partial charge is 0.381 e. The van der Waals surface area contributed by atoms with Gasteiger partial charge in [-0.25, -0.2) is 8.78 Å². The molecule has 0 bridgehead atoms. The van der Waals surface area contributed by atoms with Gasteiger partial charge in [-0.15, -0.1) is 0 Å². The van der Waals surface area contributed by atoms with Crippen LogP contribution in [0, 0.1) is 18.6 Å². The normalized spacial score (nSPS) is 10.4. The Morgan fingerprint density at radius 2 is 1.89 bits per heavy atom. The second-order valence-electron chi connectivity index (χ2n) is 4.11. The maximum atomic E-state index is 13.5. The molecule has 2 aromatic rings. The van der Waals surface area contributed by atoms with Crippen molar-refractivity contribution in [3.05, 3.63) is 64.2 Å². The molecule has 0 aliphatic heterocycles. The Labute approximate surface area is 109 Å². The molecule has 0 heterocycles. The molecule has 1 N–H and O–H groups in total. The first-order valence-electron chi connectivity index (χ1n) is 5.49. The molecule has 0 fully saturated rings. The van der Waals surface area contributed by atoms with Crippen molar-refractivity contribution < 1.29 is 8.78 Å². The quantitative estimate of drug-likeness (QED) is 0.861. The monoisotopic (exact) mass is 267 g/mol. The smallest absolute Gasteiger partial charge is 0.129 e. The van der Waals surface area contributed by atoms with Crippen molar-refractivity contribution in [2.24, 2.45) is 0 Å². The van der Waals surface area contributed by atoms with Gasteiger partial charge in [-0.1, -0.05) is 17.7 Å². The van der Waals surface area contributed by atoms with Gasteiger partial charge in [0.05, 0.1) is 0 Å². The molecule has 4 heteroatoms. The van der Waals surface area contributed by atoms with Gasteiger partial charge in [-0.3, -0.25) is 0 Å². The third kappa shape index (κ3) is 3.20. The molecule has 0 unspecified atom stereocenters. The summed E-state index contributed by atoms with van der Waals surface area (Å²) in [6, 6.07) is 9.11. The fourth-order valence-electron chi connectivity index (χ4n) is 1.70. The zero-order chi connectivity index (χ0) is 13.1. The van der Waals surface area contributed by atoms with Gasteiger partial charge in [0, 0.05) is 22.8 Å². The van der Waals surface area contributed by atoms with Crippen molar-refractivity contribution in [3.63, 3.8) is 0 Å². The number of nitrogens with one attached hydrogen (secondary N) is 1. The molecular formula is C14H12ClF2N. The highest BCUT2D eigenvalue weighted by Crippen LogP contribution is 2.18. The predicted octanol–water partition coefficient (Wildman–Crippen LogP) is 4.54. The minimum absolute atomic E-state index is 0.284. The zero-order valence-electron chi connectivity index (χ0n) is 9.81. The summed E-state index contributed by atoms with van der Waals surface area (Å²) in [7, 11) is 0. The number of anilines is 1. The topological polar surface area (TPSA) is 12.0 Å². The molecule has 0 aliphatic rings. The third-order valence-corrected chi connectivity index (χ3v) is 2.78. The summed E-state index contributed by atoms with van der Waals surface area (Å²) >= 11 is 5.67. The highest BCUT2D eigenvalue weighted by atomic mass is 35.5. The number of benzene rings is 2. The molecule has 0 amide bonds. The molecular weight excluding hydrogens is 256 g/mol. The molecule has 0 saturated carbocycles. The number of rotatable bonds is 3. The van der Waals surface area contributed by atoms with E-state index in [0.29, 0.717) is 16.3 Å². The van der Waals surface area contributed by atoms with Crippen molar-refractivity contribution in [3.8, 4) is 0 Å². The van der Waals surface area contributed by atoms with Gasteiger partial charge in [-0.2, -0.15) is 0 Å². The molecule has 1 nitrogen and oxygen atoms in total. The minimum atomic E-state index is -0.372. The van der Waals surface area contributed by atoms with E-state index in [1.54, 1.807) is 25.1 Å². The van der Waals surface area contributed by atoms with Gasteiger partial charge in [0.2, 0.25) is 0 Å². The SMILES string of the molecule is Cc1cc(F)cc(NCc2ccc(Cl)cc2F)c1. The summed E-state index contributed by atoms with van der Waals surface area (Å²) in [5, 5.41) is 3.34. The first-order valence-corrected chi connectivity index (χ1v) is 5.87. The van der Waals surface area contributed by atoms with Crippen LogP contribution in [0.25, 0.3) is 0 Å². The Kier molecular flexibility index (Phi) is 3.82. The Bertz CT molecular complexity index is 549. The van der Waals surface area contributed by atoms with Crippen LogP contribution in [-0.2, 0) is 6.54 Å². The van der Waals surface area contributed by atoms with Gasteiger partial charge in [0.25, 0.3) is 0 Å². The fraction of sp³-hybridized carbons (Fsp3) is 0.143. The number of aryl methyl sites for hydroxylation is 1. The molecule has 18 heavy (non-hydrogen) atoms. The van der Waals surface area contributed by atoms with E-state index in [1.165, 1.54) is 18.2 Å². The lowest BCUT2D eigenvalue weighted by Crippen LogP contribution is -2.02. The summed E-state index contributed by atoms with van der Waals surface area (Å²) in [6.45, 7) is 2.09. The molecule has 0 atom stereocenters. The van der Waals surface area contributed by atoms with Gasteiger partial charge >= 0.3 is 0 Å². The van der Waals surface area contributed by atoms with Crippen LogP contribution >= 0.6 is 11.6 Å². The maximum Gasteiger partial charge on any atom is 0.129 e. The summed E-state index contributed by atoms with van der Waals surface area (Å²) < 4.78 is 26.7. The van der Waals surface area contributed by atoms with E-state index in [1.807, 2.05) is 0 Å². The van der Waals surface area contributed by atoms with Crippen LogP contribution in [0.5, 0.6) is 0 Å². The van der Waals surface area contributed by atoms with Crippen LogP contribution in [-0.4, -0.2) is 0 Å². The molecule has 2 aromatic carbocycles. The fourth-order valence-corrected chi connectivity index (χ4v) is 1.86. The highest BCUT2D eigenvalue weighted by molar-refractivity contribution is 6.30. The Hall–Kier alpha value is -1.61. The van der Waals surface area contributed by atoms with E-state index in [0.717, 1.165) is 5.56 Å². The lowest BCUT2D eigenvalue weighted by molar-refractivity contribution is 0.613. The van der Waals surface area contributed by atoms with E-state index < -0.39 is 0 Å². The third-order valence-electron chi connectivity index (χ3n) is 2.54. The second kappa shape index (κ2) is 5.36. The van der Waals surface area contributed by atoms with Gasteiger partial charge in [0.1, 0.15) is 11.6 Å². The minimum Gasteiger partial charge on any atom is -0.381 e. The maximum absolute atomic E-state index is 13.5. The molecule has 0 radical (unpaired) electrons. The van der Waals surface area contributed by atoms with E-state index in [4.69, 9.17) is 11.6 Å². The Balaban J connectivity index is 2.11. The average Bonchev–Trinajstić information content (AvgIpc) is 2.26. The van der Waals surface area contributed by atoms with E-state index in [9.17, 15) is 8.78 Å². The van der Waals surface area contributed by atoms with Crippen LogP contribution in [0.1, 0.15) is 11.1 Å². The van der Waals surface area contributed by atoms with Gasteiger partial charge in [0.15, 0.2) is 0 Å². The van der Waals surface area contributed by atoms with Crippen LogP contribution in [0.4, 0.5) is 14.5 Å². The van der Waals surface area contributed by atoms with E-state index in [2.05, 4.69) is 5.32 Å². The lowest BCUT2D eigenvalue weighted by Gasteiger charge is -2.08. The number of hydrogen-bond donors (Lipinski definition) is 1. The van der Waals surface area contributed by atoms with Crippen molar-refractivity contribution in [2.45, 2.75) is 13.5 Å². The van der Waals surface area contributed by atoms with Crippen LogP contribution in [0.15, 0.2) is 36.4 Å². The number of halogens is 3. The molecule has 2 rings (SSSR count). The van der Waals surface area contributed by atoms with Crippen molar-refractivity contribution >= 4 is 17.3 Å². The zero-order valence-corrected chi connectivity index (χ0v) is 10.6. The van der Waals surface area contributed by atoms with Crippen molar-refractivity contribution in [1.29, 1.82) is 0 Å². The van der Waals surface area contributed by atoms with Crippen molar-refractivity contribution in [2.75, 3.05) is 5.32 Å². The van der Waals surface area contributed by atoms with E-state index >= 15 is 0 Å². The summed E-state index contributed by atoms with van der Waals surface area (Å²) in [4.78, 5) is 0. The average molecular weight is 268 g/mol. The lowest BCUT2D eigenvalue weighted by atomic mass is 10.2.